The fraction of sp³-hybridized carbons (Fsp3) is 0.529. The van der Waals surface area contributed by atoms with Crippen LogP contribution in [0.2, 0.25) is 0 Å². The van der Waals surface area contributed by atoms with Gasteiger partial charge in [0.05, 0.1) is 0 Å². The topological polar surface area (TPSA) is 60.9 Å². The first-order valence-corrected chi connectivity index (χ1v) is 7.96. The van der Waals surface area contributed by atoms with Crippen molar-refractivity contribution < 1.29 is 14.7 Å². The monoisotopic (exact) mass is 302 g/mol. The summed E-state index contributed by atoms with van der Waals surface area (Å²) in [6, 6.07) is 6.72. The molecule has 1 saturated carbocycles. The number of fused-ring (bicyclic) bond motifs is 1. The van der Waals surface area contributed by atoms with E-state index in [1.54, 1.807) is 11.9 Å². The van der Waals surface area contributed by atoms with E-state index >= 15 is 0 Å². The quantitative estimate of drug-likeness (QED) is 0.913. The van der Waals surface area contributed by atoms with Gasteiger partial charge in [-0.15, -0.1) is 0 Å². The van der Waals surface area contributed by atoms with Crippen LogP contribution in [0.3, 0.4) is 0 Å². The number of anilines is 1. The Labute approximate surface area is 130 Å². The van der Waals surface area contributed by atoms with E-state index < -0.39 is 12.0 Å². The van der Waals surface area contributed by atoms with Gasteiger partial charge in [-0.1, -0.05) is 37.5 Å². The molecule has 3 rings (SSSR count). The maximum atomic E-state index is 12.9. The van der Waals surface area contributed by atoms with E-state index in [0.717, 1.165) is 36.9 Å². The Morgan fingerprint density at radius 3 is 2.55 bits per heavy atom. The van der Waals surface area contributed by atoms with Gasteiger partial charge in [0, 0.05) is 25.2 Å². The molecular formula is C17H22N2O3. The van der Waals surface area contributed by atoms with Crippen LogP contribution in [0.15, 0.2) is 24.3 Å². The summed E-state index contributed by atoms with van der Waals surface area (Å²) in [4.78, 5) is 27.7. The van der Waals surface area contributed by atoms with Crippen molar-refractivity contribution >= 4 is 17.7 Å². The number of carboxylic acids is 1. The lowest BCUT2D eigenvalue weighted by molar-refractivity contribution is -0.138. The van der Waals surface area contributed by atoms with Gasteiger partial charge >= 0.3 is 12.0 Å². The lowest BCUT2D eigenvalue weighted by Gasteiger charge is -2.35. The SMILES string of the molecule is CN(C(=O)N1c2ccccc2C[C@@H]1C(=O)O)C1CCCCC1. The Balaban J connectivity index is 1.86. The molecule has 0 saturated heterocycles. The summed E-state index contributed by atoms with van der Waals surface area (Å²) in [5.41, 5.74) is 1.67. The van der Waals surface area contributed by atoms with Crippen molar-refractivity contribution in [2.45, 2.75) is 50.6 Å². The van der Waals surface area contributed by atoms with E-state index in [0.29, 0.717) is 6.42 Å². The number of urea groups is 1. The normalized spacial score (nSPS) is 21.5. The zero-order valence-electron chi connectivity index (χ0n) is 12.9. The van der Waals surface area contributed by atoms with E-state index in [4.69, 9.17) is 0 Å². The minimum atomic E-state index is -0.943. The van der Waals surface area contributed by atoms with Crippen molar-refractivity contribution in [3.05, 3.63) is 29.8 Å². The molecule has 1 N–H and O–H groups in total. The van der Waals surface area contributed by atoms with Crippen LogP contribution >= 0.6 is 0 Å². The number of benzene rings is 1. The molecule has 5 nitrogen and oxygen atoms in total. The molecule has 0 aromatic heterocycles. The maximum Gasteiger partial charge on any atom is 0.327 e. The summed E-state index contributed by atoms with van der Waals surface area (Å²) in [6.45, 7) is 0. The van der Waals surface area contributed by atoms with Crippen molar-refractivity contribution in [3.63, 3.8) is 0 Å². The third-order valence-electron chi connectivity index (χ3n) is 4.89. The van der Waals surface area contributed by atoms with Gasteiger partial charge in [0.15, 0.2) is 0 Å². The molecule has 2 aliphatic rings. The number of nitrogens with zero attached hydrogens (tertiary/aromatic N) is 2. The Hall–Kier alpha value is -2.04. The Bertz CT molecular complexity index is 581. The van der Waals surface area contributed by atoms with Gasteiger partial charge in [-0.3, -0.25) is 4.90 Å². The van der Waals surface area contributed by atoms with Crippen molar-refractivity contribution in [3.8, 4) is 0 Å². The Kier molecular flexibility index (Phi) is 4.05. The number of para-hydroxylation sites is 1. The Morgan fingerprint density at radius 2 is 1.86 bits per heavy atom. The van der Waals surface area contributed by atoms with Crippen LogP contribution in [0.1, 0.15) is 37.7 Å². The molecule has 0 bridgehead atoms. The van der Waals surface area contributed by atoms with Gasteiger partial charge in [-0.05, 0) is 24.5 Å². The minimum absolute atomic E-state index is 0.191. The summed E-state index contributed by atoms with van der Waals surface area (Å²) in [7, 11) is 1.80. The molecule has 0 unspecified atom stereocenters. The average molecular weight is 302 g/mol. The second-order valence-electron chi connectivity index (χ2n) is 6.24. The molecular weight excluding hydrogens is 280 g/mol. The average Bonchev–Trinajstić information content (AvgIpc) is 2.94. The van der Waals surface area contributed by atoms with Crippen molar-refractivity contribution in [2.75, 3.05) is 11.9 Å². The predicted molar refractivity (Wildman–Crippen MR) is 84.1 cm³/mol. The lowest BCUT2D eigenvalue weighted by Crippen LogP contribution is -2.51. The summed E-state index contributed by atoms with van der Waals surface area (Å²) < 4.78 is 0. The molecule has 1 aliphatic heterocycles. The molecule has 5 heteroatoms. The van der Waals surface area contributed by atoms with Crippen molar-refractivity contribution in [1.29, 1.82) is 0 Å². The first kappa shape index (κ1) is 14.9. The van der Waals surface area contributed by atoms with Crippen molar-refractivity contribution in [2.24, 2.45) is 0 Å². The first-order valence-electron chi connectivity index (χ1n) is 7.96. The fourth-order valence-corrected chi connectivity index (χ4v) is 3.61. The van der Waals surface area contributed by atoms with E-state index in [1.807, 2.05) is 24.3 Å². The predicted octanol–water partition coefficient (Wildman–Crippen LogP) is 2.89. The highest BCUT2D eigenvalue weighted by Crippen LogP contribution is 2.34. The van der Waals surface area contributed by atoms with E-state index in [1.165, 1.54) is 11.3 Å². The number of aliphatic carboxylic acids is 1. The van der Waals surface area contributed by atoms with Crippen LogP contribution in [-0.4, -0.2) is 41.1 Å². The van der Waals surface area contributed by atoms with E-state index in [-0.39, 0.29) is 12.1 Å². The molecule has 22 heavy (non-hydrogen) atoms. The molecule has 1 aromatic carbocycles. The summed E-state index contributed by atoms with van der Waals surface area (Å²) in [6.07, 6.45) is 5.91. The summed E-state index contributed by atoms with van der Waals surface area (Å²) in [5, 5.41) is 9.48. The van der Waals surface area contributed by atoms with Gasteiger partial charge in [-0.2, -0.15) is 0 Å². The smallest absolute Gasteiger partial charge is 0.327 e. The molecule has 118 valence electrons. The van der Waals surface area contributed by atoms with Crippen LogP contribution in [0.25, 0.3) is 0 Å². The van der Waals surface area contributed by atoms with Gasteiger partial charge in [0.2, 0.25) is 0 Å². The van der Waals surface area contributed by atoms with Crippen LogP contribution in [-0.2, 0) is 11.2 Å². The van der Waals surface area contributed by atoms with Crippen LogP contribution in [0.4, 0.5) is 10.5 Å². The largest absolute Gasteiger partial charge is 0.480 e. The van der Waals surface area contributed by atoms with Gasteiger partial charge in [-0.25, -0.2) is 9.59 Å². The number of amides is 2. The van der Waals surface area contributed by atoms with E-state index in [2.05, 4.69) is 0 Å². The zero-order valence-corrected chi connectivity index (χ0v) is 12.9. The number of carbonyl (C=O) groups is 2. The molecule has 0 spiro atoms. The van der Waals surface area contributed by atoms with E-state index in [9.17, 15) is 14.7 Å². The number of carboxylic acid groups (broad SMARTS) is 1. The highest BCUT2D eigenvalue weighted by molar-refractivity contribution is 6.01. The second-order valence-corrected chi connectivity index (χ2v) is 6.24. The summed E-state index contributed by atoms with van der Waals surface area (Å²) >= 11 is 0. The molecule has 1 heterocycles. The van der Waals surface area contributed by atoms with Gasteiger partial charge in [0.25, 0.3) is 0 Å². The molecule has 1 aromatic rings. The molecule has 0 radical (unpaired) electrons. The van der Waals surface area contributed by atoms with Crippen LogP contribution in [0, 0.1) is 0 Å². The number of hydrogen-bond donors (Lipinski definition) is 1. The molecule has 1 aliphatic carbocycles. The summed E-state index contributed by atoms with van der Waals surface area (Å²) in [5.74, 6) is -0.943. The molecule has 1 fully saturated rings. The van der Waals surface area contributed by atoms with Crippen LogP contribution < -0.4 is 4.90 Å². The first-order chi connectivity index (χ1) is 10.6. The highest BCUT2D eigenvalue weighted by atomic mass is 16.4. The molecule has 1 atom stereocenters. The number of rotatable bonds is 2. The minimum Gasteiger partial charge on any atom is -0.480 e. The molecule has 2 amide bonds. The Morgan fingerprint density at radius 1 is 1.18 bits per heavy atom. The van der Waals surface area contributed by atoms with Crippen LogP contribution in [0.5, 0.6) is 0 Å². The second kappa shape index (κ2) is 5.99. The maximum absolute atomic E-state index is 12.9. The standard InChI is InChI=1S/C17H22N2O3/c1-18(13-8-3-2-4-9-13)17(22)19-14-10-6-5-7-12(14)11-15(19)16(20)21/h5-7,10,13,15H,2-4,8-9,11H2,1H3,(H,20,21)/t15-/m1/s1. The zero-order chi connectivity index (χ0) is 15.7. The van der Waals surface area contributed by atoms with Gasteiger partial charge in [0.1, 0.15) is 6.04 Å². The third kappa shape index (κ3) is 2.56. The van der Waals surface area contributed by atoms with Crippen molar-refractivity contribution in [1.82, 2.24) is 4.90 Å². The lowest BCUT2D eigenvalue weighted by atomic mass is 9.95. The fourth-order valence-electron chi connectivity index (χ4n) is 3.61. The highest BCUT2D eigenvalue weighted by Gasteiger charge is 2.40. The number of hydrogen-bond acceptors (Lipinski definition) is 2. The van der Waals surface area contributed by atoms with Gasteiger partial charge < -0.3 is 10.0 Å². The number of carbonyl (C=O) groups excluding carboxylic acids is 1. The third-order valence-corrected chi connectivity index (χ3v) is 4.89.